The molecule has 0 aliphatic carbocycles. The maximum absolute atomic E-state index is 5.86. The summed E-state index contributed by atoms with van der Waals surface area (Å²) in [7, 11) is -0.468. The SMILES string of the molecule is Cc1ccnc(B2OC(C)(C)C(C)(C)O2)n1. The highest BCUT2D eigenvalue weighted by Gasteiger charge is 2.53. The average Bonchev–Trinajstić information content (AvgIpc) is 2.36. The van der Waals surface area contributed by atoms with Gasteiger partial charge in [-0.15, -0.1) is 0 Å². The van der Waals surface area contributed by atoms with E-state index in [4.69, 9.17) is 9.31 Å². The van der Waals surface area contributed by atoms with Gasteiger partial charge in [0, 0.05) is 11.9 Å². The number of aryl methyl sites for hydroxylation is 1. The van der Waals surface area contributed by atoms with E-state index in [0.717, 1.165) is 5.69 Å². The van der Waals surface area contributed by atoms with Gasteiger partial charge in [-0.05, 0) is 40.7 Å². The van der Waals surface area contributed by atoms with E-state index < -0.39 is 7.12 Å². The molecular weight excluding hydrogens is 203 g/mol. The number of hydrogen-bond donors (Lipinski definition) is 0. The quantitative estimate of drug-likeness (QED) is 0.664. The van der Waals surface area contributed by atoms with Crippen molar-refractivity contribution in [3.63, 3.8) is 0 Å². The molecule has 0 radical (unpaired) electrons. The molecule has 1 aromatic heterocycles. The molecule has 0 aromatic carbocycles. The van der Waals surface area contributed by atoms with Gasteiger partial charge in [-0.3, -0.25) is 0 Å². The lowest BCUT2D eigenvalue weighted by atomic mass is 9.89. The van der Waals surface area contributed by atoms with Gasteiger partial charge >= 0.3 is 7.12 Å². The van der Waals surface area contributed by atoms with Crippen molar-refractivity contribution in [2.75, 3.05) is 0 Å². The smallest absolute Gasteiger partial charge is 0.397 e. The third-order valence-electron chi connectivity index (χ3n) is 3.28. The highest BCUT2D eigenvalue weighted by Crippen LogP contribution is 2.36. The fourth-order valence-corrected chi connectivity index (χ4v) is 1.53. The largest absolute Gasteiger partial charge is 0.534 e. The van der Waals surface area contributed by atoms with Crippen molar-refractivity contribution in [2.24, 2.45) is 0 Å². The zero-order valence-corrected chi connectivity index (χ0v) is 10.4. The normalized spacial score (nSPS) is 22.4. The van der Waals surface area contributed by atoms with E-state index in [1.807, 2.05) is 40.7 Å². The molecule has 0 spiro atoms. The first-order valence-electron chi connectivity index (χ1n) is 5.47. The summed E-state index contributed by atoms with van der Waals surface area (Å²) < 4.78 is 11.7. The van der Waals surface area contributed by atoms with Gasteiger partial charge in [0.2, 0.25) is 0 Å². The molecule has 0 saturated carbocycles. The first kappa shape index (κ1) is 11.5. The Balaban J connectivity index is 2.27. The zero-order valence-electron chi connectivity index (χ0n) is 10.4. The summed E-state index contributed by atoms with van der Waals surface area (Å²) in [4.78, 5) is 8.52. The predicted octanol–water partition coefficient (Wildman–Crippen LogP) is 1.08. The second kappa shape index (κ2) is 3.53. The predicted molar refractivity (Wildman–Crippen MR) is 62.5 cm³/mol. The Hall–Kier alpha value is -0.935. The van der Waals surface area contributed by atoms with Crippen LogP contribution in [0.5, 0.6) is 0 Å². The fraction of sp³-hybridized carbons (Fsp3) is 0.636. The van der Waals surface area contributed by atoms with Crippen molar-refractivity contribution in [2.45, 2.75) is 45.8 Å². The minimum atomic E-state index is -0.468. The molecule has 1 saturated heterocycles. The van der Waals surface area contributed by atoms with Gasteiger partial charge in [0.25, 0.3) is 0 Å². The molecule has 0 bridgehead atoms. The van der Waals surface area contributed by atoms with Crippen LogP contribution in [0, 0.1) is 6.92 Å². The molecule has 0 atom stereocenters. The van der Waals surface area contributed by atoms with Crippen LogP contribution in [0.3, 0.4) is 0 Å². The minimum Gasteiger partial charge on any atom is -0.397 e. The maximum atomic E-state index is 5.86. The Morgan fingerprint density at radius 3 is 2.19 bits per heavy atom. The van der Waals surface area contributed by atoms with Crippen LogP contribution in [0.4, 0.5) is 0 Å². The summed E-state index contributed by atoms with van der Waals surface area (Å²) in [6.07, 6.45) is 1.72. The average molecular weight is 220 g/mol. The summed E-state index contributed by atoms with van der Waals surface area (Å²) in [5.41, 5.74) is 0.827. The van der Waals surface area contributed by atoms with Crippen LogP contribution in [0.15, 0.2) is 12.3 Å². The lowest BCUT2D eigenvalue weighted by Crippen LogP contribution is -2.41. The van der Waals surface area contributed by atoms with E-state index in [1.165, 1.54) is 0 Å². The molecule has 16 heavy (non-hydrogen) atoms. The third-order valence-corrected chi connectivity index (χ3v) is 3.28. The van der Waals surface area contributed by atoms with E-state index >= 15 is 0 Å². The molecule has 5 heteroatoms. The van der Waals surface area contributed by atoms with E-state index in [0.29, 0.717) is 5.72 Å². The Bertz CT molecular complexity index is 391. The molecule has 2 heterocycles. The number of hydrogen-bond acceptors (Lipinski definition) is 4. The Kier molecular flexibility index (Phi) is 2.55. The number of nitrogens with zero attached hydrogens (tertiary/aromatic N) is 2. The molecule has 1 aliphatic heterocycles. The second-order valence-corrected chi connectivity index (χ2v) is 5.14. The molecule has 1 fully saturated rings. The Morgan fingerprint density at radius 1 is 1.12 bits per heavy atom. The standard InChI is InChI=1S/C11H17BN2O2/c1-8-6-7-13-9(14-8)12-15-10(2,3)11(4,5)16-12/h6-7H,1-5H3. The van der Waals surface area contributed by atoms with Gasteiger partial charge in [-0.25, -0.2) is 9.97 Å². The van der Waals surface area contributed by atoms with Crippen molar-refractivity contribution in [3.05, 3.63) is 18.0 Å². The van der Waals surface area contributed by atoms with Crippen LogP contribution in [0.25, 0.3) is 0 Å². The summed E-state index contributed by atoms with van der Waals surface area (Å²) in [6.45, 7) is 9.99. The van der Waals surface area contributed by atoms with Crippen molar-refractivity contribution in [3.8, 4) is 0 Å². The highest BCUT2D eigenvalue weighted by molar-refractivity contribution is 6.60. The minimum absolute atomic E-state index is 0.342. The molecule has 0 amide bonds. The van der Waals surface area contributed by atoms with Crippen molar-refractivity contribution >= 4 is 12.8 Å². The Labute approximate surface area is 96.5 Å². The number of aromatic nitrogens is 2. The fourth-order valence-electron chi connectivity index (χ4n) is 1.53. The first-order valence-corrected chi connectivity index (χ1v) is 5.47. The van der Waals surface area contributed by atoms with Crippen LogP contribution < -0.4 is 5.72 Å². The van der Waals surface area contributed by atoms with Crippen molar-refractivity contribution in [1.82, 2.24) is 9.97 Å². The monoisotopic (exact) mass is 220 g/mol. The van der Waals surface area contributed by atoms with Gasteiger partial charge < -0.3 is 9.31 Å². The van der Waals surface area contributed by atoms with Gasteiger partial charge in [-0.1, -0.05) is 0 Å². The Morgan fingerprint density at radius 2 is 1.69 bits per heavy atom. The van der Waals surface area contributed by atoms with Gasteiger partial charge in [0.05, 0.1) is 11.2 Å². The number of rotatable bonds is 1. The van der Waals surface area contributed by atoms with E-state index in [9.17, 15) is 0 Å². The van der Waals surface area contributed by atoms with Crippen LogP contribution in [-0.2, 0) is 9.31 Å². The lowest BCUT2D eigenvalue weighted by molar-refractivity contribution is 0.00578. The molecule has 0 unspecified atom stereocenters. The van der Waals surface area contributed by atoms with Gasteiger partial charge in [-0.2, -0.15) is 0 Å². The molecular formula is C11H17BN2O2. The highest BCUT2D eigenvalue weighted by atomic mass is 16.7. The topological polar surface area (TPSA) is 44.2 Å². The van der Waals surface area contributed by atoms with Crippen LogP contribution >= 0.6 is 0 Å². The molecule has 4 nitrogen and oxygen atoms in total. The maximum Gasteiger partial charge on any atom is 0.534 e. The van der Waals surface area contributed by atoms with Crippen molar-refractivity contribution < 1.29 is 9.31 Å². The molecule has 2 rings (SSSR count). The molecule has 86 valence electrons. The van der Waals surface area contributed by atoms with Crippen LogP contribution in [0.2, 0.25) is 0 Å². The van der Waals surface area contributed by atoms with Crippen molar-refractivity contribution in [1.29, 1.82) is 0 Å². The van der Waals surface area contributed by atoms with E-state index in [2.05, 4.69) is 9.97 Å². The second-order valence-electron chi connectivity index (χ2n) is 5.14. The van der Waals surface area contributed by atoms with Gasteiger partial charge in [0.15, 0.2) is 5.72 Å². The first-order chi connectivity index (χ1) is 7.32. The van der Waals surface area contributed by atoms with Gasteiger partial charge in [0.1, 0.15) is 0 Å². The van der Waals surface area contributed by atoms with Crippen LogP contribution in [-0.4, -0.2) is 28.3 Å². The van der Waals surface area contributed by atoms with E-state index in [1.54, 1.807) is 6.20 Å². The summed E-state index contributed by atoms with van der Waals surface area (Å²) in [5, 5.41) is 0. The van der Waals surface area contributed by atoms with Crippen LogP contribution in [0.1, 0.15) is 33.4 Å². The molecule has 1 aromatic rings. The van der Waals surface area contributed by atoms with E-state index in [-0.39, 0.29) is 11.2 Å². The lowest BCUT2D eigenvalue weighted by Gasteiger charge is -2.32. The molecule has 0 N–H and O–H groups in total. The molecule has 1 aliphatic rings. The third kappa shape index (κ3) is 1.85. The summed E-state index contributed by atoms with van der Waals surface area (Å²) in [6, 6.07) is 1.86. The zero-order chi connectivity index (χ0) is 12.0. The summed E-state index contributed by atoms with van der Waals surface area (Å²) in [5.74, 6) is 0. The summed E-state index contributed by atoms with van der Waals surface area (Å²) >= 11 is 0.